The van der Waals surface area contributed by atoms with Gasteiger partial charge in [0.25, 0.3) is 5.56 Å². The maximum absolute atomic E-state index is 11.3. The summed E-state index contributed by atoms with van der Waals surface area (Å²) in [6.07, 6.45) is 1.37. The minimum absolute atomic E-state index is 0.148. The van der Waals surface area contributed by atoms with E-state index in [1.807, 2.05) is 0 Å². The highest BCUT2D eigenvalue weighted by molar-refractivity contribution is 5.78. The highest BCUT2D eigenvalue weighted by Crippen LogP contribution is 2.15. The molecule has 0 aliphatic carbocycles. The van der Waals surface area contributed by atoms with Gasteiger partial charge in [0.1, 0.15) is 12.4 Å². The number of rotatable bonds is 3. The molecule has 78 valence electrons. The molecule has 0 spiro atoms. The molecule has 3 N–H and O–H groups in total. The van der Waals surface area contributed by atoms with Gasteiger partial charge >= 0.3 is 0 Å². The smallest absolute Gasteiger partial charge is 0.258 e. The van der Waals surface area contributed by atoms with Crippen molar-refractivity contribution in [2.24, 2.45) is 5.73 Å². The van der Waals surface area contributed by atoms with Gasteiger partial charge in [-0.3, -0.25) is 4.79 Å². The van der Waals surface area contributed by atoms with Crippen molar-refractivity contribution in [1.29, 1.82) is 0 Å². The van der Waals surface area contributed by atoms with Gasteiger partial charge in [-0.25, -0.2) is 4.98 Å². The molecule has 0 saturated heterocycles. The minimum atomic E-state index is -0.148. The van der Waals surface area contributed by atoms with Crippen molar-refractivity contribution >= 4 is 10.9 Å². The van der Waals surface area contributed by atoms with Crippen molar-refractivity contribution < 1.29 is 4.74 Å². The zero-order valence-corrected chi connectivity index (χ0v) is 8.06. The molecule has 0 fully saturated rings. The van der Waals surface area contributed by atoms with Crippen molar-refractivity contribution in [3.63, 3.8) is 0 Å². The second-order valence-electron chi connectivity index (χ2n) is 3.05. The fraction of sp³-hybridized carbons (Fsp3) is 0.200. The molecule has 5 nitrogen and oxygen atoms in total. The van der Waals surface area contributed by atoms with Crippen LogP contribution in [0.3, 0.4) is 0 Å². The summed E-state index contributed by atoms with van der Waals surface area (Å²) in [5, 5.41) is 0.553. The molecule has 0 aliphatic rings. The van der Waals surface area contributed by atoms with Crippen LogP contribution in [0.25, 0.3) is 10.9 Å². The maximum atomic E-state index is 11.3. The van der Waals surface area contributed by atoms with Crippen LogP contribution in [0.15, 0.2) is 29.3 Å². The van der Waals surface area contributed by atoms with Crippen LogP contribution < -0.4 is 16.0 Å². The van der Waals surface area contributed by atoms with Crippen molar-refractivity contribution in [2.45, 2.75) is 0 Å². The van der Waals surface area contributed by atoms with Gasteiger partial charge in [-0.15, -0.1) is 0 Å². The molecule has 2 aromatic rings. The molecule has 0 amide bonds. The second-order valence-corrected chi connectivity index (χ2v) is 3.05. The van der Waals surface area contributed by atoms with Gasteiger partial charge in [0.05, 0.1) is 17.2 Å². The minimum Gasteiger partial charge on any atom is -0.492 e. The number of aromatic nitrogens is 2. The van der Waals surface area contributed by atoms with Gasteiger partial charge in [0, 0.05) is 12.6 Å². The van der Waals surface area contributed by atoms with Crippen LogP contribution in [0.2, 0.25) is 0 Å². The van der Waals surface area contributed by atoms with Gasteiger partial charge in [-0.1, -0.05) is 0 Å². The first-order valence-corrected chi connectivity index (χ1v) is 4.61. The molecule has 0 unspecified atom stereocenters. The number of H-pyrrole nitrogens is 1. The third-order valence-electron chi connectivity index (χ3n) is 2.00. The fourth-order valence-corrected chi connectivity index (χ4v) is 1.32. The van der Waals surface area contributed by atoms with E-state index in [-0.39, 0.29) is 5.56 Å². The number of ether oxygens (including phenoxy) is 1. The first kappa shape index (κ1) is 9.67. The van der Waals surface area contributed by atoms with Crippen molar-refractivity contribution in [3.05, 3.63) is 34.9 Å². The largest absolute Gasteiger partial charge is 0.492 e. The van der Waals surface area contributed by atoms with Crippen LogP contribution in [0.4, 0.5) is 0 Å². The molecule has 1 aromatic heterocycles. The fourth-order valence-electron chi connectivity index (χ4n) is 1.32. The molecule has 1 heterocycles. The van der Waals surface area contributed by atoms with E-state index in [4.69, 9.17) is 10.5 Å². The molecule has 0 bridgehead atoms. The topological polar surface area (TPSA) is 81.0 Å². The van der Waals surface area contributed by atoms with Crippen LogP contribution in [0, 0.1) is 0 Å². The monoisotopic (exact) mass is 205 g/mol. The average molecular weight is 205 g/mol. The first-order valence-electron chi connectivity index (χ1n) is 4.61. The van der Waals surface area contributed by atoms with E-state index in [1.54, 1.807) is 18.2 Å². The zero-order chi connectivity index (χ0) is 10.7. The standard InChI is InChI=1S/C10H11N3O2/c11-3-4-15-7-1-2-8-9(5-7)12-6-13-10(8)14/h1-2,5-6H,3-4,11H2,(H,12,13,14). The van der Waals surface area contributed by atoms with E-state index in [0.717, 1.165) is 0 Å². The highest BCUT2D eigenvalue weighted by atomic mass is 16.5. The Morgan fingerprint density at radius 2 is 2.33 bits per heavy atom. The lowest BCUT2D eigenvalue weighted by atomic mass is 10.2. The van der Waals surface area contributed by atoms with Crippen LogP contribution in [-0.2, 0) is 0 Å². The molecule has 0 atom stereocenters. The zero-order valence-electron chi connectivity index (χ0n) is 8.06. The number of nitrogens with one attached hydrogen (secondary N) is 1. The normalized spacial score (nSPS) is 10.5. The van der Waals surface area contributed by atoms with E-state index in [2.05, 4.69) is 9.97 Å². The van der Waals surface area contributed by atoms with Gasteiger partial charge in [0.15, 0.2) is 0 Å². The maximum Gasteiger partial charge on any atom is 0.258 e. The molecule has 0 radical (unpaired) electrons. The van der Waals surface area contributed by atoms with Crippen molar-refractivity contribution in [2.75, 3.05) is 13.2 Å². The Morgan fingerprint density at radius 3 is 3.13 bits per heavy atom. The lowest BCUT2D eigenvalue weighted by molar-refractivity contribution is 0.328. The Bertz CT molecular complexity index is 521. The van der Waals surface area contributed by atoms with Gasteiger partial charge in [-0.05, 0) is 12.1 Å². The van der Waals surface area contributed by atoms with Crippen LogP contribution in [-0.4, -0.2) is 23.1 Å². The van der Waals surface area contributed by atoms with Gasteiger partial charge in [0.2, 0.25) is 0 Å². The van der Waals surface area contributed by atoms with Crippen molar-refractivity contribution in [3.8, 4) is 5.75 Å². The Balaban J connectivity index is 2.43. The predicted molar refractivity (Wildman–Crippen MR) is 56.9 cm³/mol. The van der Waals surface area contributed by atoms with E-state index in [0.29, 0.717) is 29.8 Å². The third kappa shape index (κ3) is 1.97. The summed E-state index contributed by atoms with van der Waals surface area (Å²) in [6.45, 7) is 0.912. The SMILES string of the molecule is NCCOc1ccc2c(=O)[nH]cnc2c1. The summed E-state index contributed by atoms with van der Waals surface area (Å²) in [5.41, 5.74) is 5.79. The molecule has 5 heteroatoms. The van der Waals surface area contributed by atoms with Gasteiger partial charge in [-0.2, -0.15) is 0 Å². The predicted octanol–water partition coefficient (Wildman–Crippen LogP) is 0.261. The van der Waals surface area contributed by atoms with E-state index >= 15 is 0 Å². The molecule has 2 rings (SSSR count). The summed E-state index contributed by atoms with van der Waals surface area (Å²) in [5.74, 6) is 0.672. The Hall–Kier alpha value is -1.88. The lowest BCUT2D eigenvalue weighted by Gasteiger charge is -2.04. The van der Waals surface area contributed by atoms with E-state index in [9.17, 15) is 4.79 Å². The highest BCUT2D eigenvalue weighted by Gasteiger charge is 2.00. The lowest BCUT2D eigenvalue weighted by Crippen LogP contribution is -2.11. The van der Waals surface area contributed by atoms with E-state index < -0.39 is 0 Å². The first-order chi connectivity index (χ1) is 7.31. The van der Waals surface area contributed by atoms with Crippen molar-refractivity contribution in [1.82, 2.24) is 9.97 Å². The summed E-state index contributed by atoms with van der Waals surface area (Å²) in [7, 11) is 0. The quantitative estimate of drug-likeness (QED) is 0.753. The number of nitrogens with zero attached hydrogens (tertiary/aromatic N) is 1. The molecular formula is C10H11N3O2. The van der Waals surface area contributed by atoms with Crippen LogP contribution in [0.1, 0.15) is 0 Å². The number of hydrogen-bond donors (Lipinski definition) is 2. The number of benzene rings is 1. The Kier molecular flexibility index (Phi) is 2.64. The second kappa shape index (κ2) is 4.10. The average Bonchev–Trinajstić information content (AvgIpc) is 2.26. The summed E-state index contributed by atoms with van der Waals surface area (Å²) < 4.78 is 5.33. The number of aromatic amines is 1. The number of hydrogen-bond acceptors (Lipinski definition) is 4. The van der Waals surface area contributed by atoms with Gasteiger partial charge < -0.3 is 15.5 Å². The molecule has 0 aliphatic heterocycles. The molecule has 1 aromatic carbocycles. The Labute approximate surface area is 85.9 Å². The molecular weight excluding hydrogens is 194 g/mol. The summed E-state index contributed by atoms with van der Waals surface area (Å²) in [4.78, 5) is 17.9. The molecule has 0 saturated carbocycles. The third-order valence-corrected chi connectivity index (χ3v) is 2.00. The van der Waals surface area contributed by atoms with Crippen LogP contribution in [0.5, 0.6) is 5.75 Å². The number of nitrogens with two attached hydrogens (primary N) is 1. The summed E-state index contributed by atoms with van der Waals surface area (Å²) >= 11 is 0. The van der Waals surface area contributed by atoms with E-state index in [1.165, 1.54) is 6.33 Å². The van der Waals surface area contributed by atoms with Crippen LogP contribution >= 0.6 is 0 Å². The molecule has 15 heavy (non-hydrogen) atoms. The summed E-state index contributed by atoms with van der Waals surface area (Å²) in [6, 6.07) is 5.14. The number of fused-ring (bicyclic) bond motifs is 1. The Morgan fingerprint density at radius 1 is 1.47 bits per heavy atom.